The normalized spacial score (nSPS) is 15.1. The summed E-state index contributed by atoms with van der Waals surface area (Å²) in [6.45, 7) is 16.0. The van der Waals surface area contributed by atoms with Crippen LogP contribution in [0.1, 0.15) is 80.2 Å². The van der Waals surface area contributed by atoms with Gasteiger partial charge >= 0.3 is 6.09 Å². The lowest BCUT2D eigenvalue weighted by atomic mass is 9.80. The predicted octanol–water partition coefficient (Wildman–Crippen LogP) is 4.48. The number of aliphatic hydroxyl groups excluding tert-OH is 1. The number of carbonyl (C=O) groups excluding carboxylic acids is 3. The Kier molecular flexibility index (Phi) is 17.3. The van der Waals surface area contributed by atoms with E-state index in [0.29, 0.717) is 37.6 Å². The standard InChI is InChI=1S/C34H59N3O8/c1-21(2)25(17-24-13-14-29(43-11)30(18-24)44-16-12-15-42-10)19-27(37-33(41)45-34(6,7)8)28(38)20-26(22(3)4)32(40)36-23(5)31(39)35-9/h13-14,18,21-23,25-28,38H,12,15-17,19-20H2,1-11H3,(H,35,39)(H,36,40)(H,37,41)/t23-,25-,26-,27-,28-/m0/s1. The molecule has 11 nitrogen and oxygen atoms in total. The molecule has 0 aliphatic carbocycles. The second kappa shape index (κ2) is 19.5. The Balaban J connectivity index is 3.27. The monoisotopic (exact) mass is 637 g/mol. The van der Waals surface area contributed by atoms with E-state index in [1.807, 2.05) is 32.0 Å². The van der Waals surface area contributed by atoms with Crippen molar-refractivity contribution in [1.29, 1.82) is 0 Å². The van der Waals surface area contributed by atoms with Crippen molar-refractivity contribution in [2.75, 3.05) is 34.5 Å². The lowest BCUT2D eigenvalue weighted by Gasteiger charge is -2.33. The van der Waals surface area contributed by atoms with E-state index in [1.165, 1.54) is 7.05 Å². The summed E-state index contributed by atoms with van der Waals surface area (Å²) in [5.74, 6) is 0.188. The molecule has 45 heavy (non-hydrogen) atoms. The van der Waals surface area contributed by atoms with Gasteiger partial charge in [0.05, 0.1) is 25.9 Å². The first kappa shape index (κ1) is 40.0. The lowest BCUT2D eigenvalue weighted by Crippen LogP contribution is -2.50. The molecular formula is C34H59N3O8. The van der Waals surface area contributed by atoms with E-state index in [4.69, 9.17) is 18.9 Å². The van der Waals surface area contributed by atoms with E-state index in [-0.39, 0.29) is 36.0 Å². The zero-order valence-electron chi connectivity index (χ0n) is 29.3. The molecule has 258 valence electrons. The van der Waals surface area contributed by atoms with Crippen molar-refractivity contribution in [3.8, 4) is 11.5 Å². The molecule has 0 aliphatic heterocycles. The zero-order valence-corrected chi connectivity index (χ0v) is 29.3. The molecule has 4 N–H and O–H groups in total. The van der Waals surface area contributed by atoms with Crippen LogP contribution in [0.3, 0.4) is 0 Å². The molecule has 1 rings (SSSR count). The quantitative estimate of drug-likeness (QED) is 0.163. The SMILES string of the molecule is CNC(=O)[C@H](C)NC(=O)[C@@H](C[C@H](O)[C@H](C[C@H](Cc1ccc(OC)c(OCCCOC)c1)C(C)C)NC(=O)OC(C)(C)C)C(C)C. The smallest absolute Gasteiger partial charge is 0.407 e. The number of methoxy groups -OCH3 is 2. The average molecular weight is 638 g/mol. The molecule has 0 aromatic heterocycles. The van der Waals surface area contributed by atoms with Gasteiger partial charge in [-0.25, -0.2) is 4.79 Å². The molecule has 0 radical (unpaired) electrons. The number of amides is 3. The molecule has 1 aromatic rings. The van der Waals surface area contributed by atoms with Gasteiger partial charge in [0.15, 0.2) is 11.5 Å². The molecule has 0 unspecified atom stereocenters. The summed E-state index contributed by atoms with van der Waals surface area (Å²) in [4.78, 5) is 38.2. The summed E-state index contributed by atoms with van der Waals surface area (Å²) >= 11 is 0. The largest absolute Gasteiger partial charge is 0.493 e. The first-order valence-corrected chi connectivity index (χ1v) is 16.0. The number of carbonyl (C=O) groups is 3. The minimum absolute atomic E-state index is 0.0499. The lowest BCUT2D eigenvalue weighted by molar-refractivity contribution is -0.132. The maximum absolute atomic E-state index is 13.2. The molecule has 0 fully saturated rings. The van der Waals surface area contributed by atoms with Gasteiger partial charge in [0, 0.05) is 33.1 Å². The van der Waals surface area contributed by atoms with Gasteiger partial charge in [-0.2, -0.15) is 0 Å². The molecule has 5 atom stereocenters. The number of hydrogen-bond acceptors (Lipinski definition) is 8. The summed E-state index contributed by atoms with van der Waals surface area (Å²) in [5, 5.41) is 19.8. The maximum atomic E-state index is 13.2. The van der Waals surface area contributed by atoms with Crippen LogP contribution in [0.25, 0.3) is 0 Å². The number of likely N-dealkylation sites (N-methyl/N-ethyl adjacent to an activating group) is 1. The highest BCUT2D eigenvalue weighted by Crippen LogP contribution is 2.32. The summed E-state index contributed by atoms with van der Waals surface area (Å²) in [7, 11) is 4.77. The molecule has 11 heteroatoms. The van der Waals surface area contributed by atoms with Crippen LogP contribution in [0.4, 0.5) is 4.79 Å². The Morgan fingerprint density at radius 3 is 2.09 bits per heavy atom. The molecule has 3 amide bonds. The first-order valence-electron chi connectivity index (χ1n) is 16.0. The zero-order chi connectivity index (χ0) is 34.3. The maximum Gasteiger partial charge on any atom is 0.407 e. The molecule has 0 heterocycles. The van der Waals surface area contributed by atoms with Crippen molar-refractivity contribution >= 4 is 17.9 Å². The van der Waals surface area contributed by atoms with E-state index in [2.05, 4.69) is 29.8 Å². The third-order valence-corrected chi connectivity index (χ3v) is 7.78. The van der Waals surface area contributed by atoms with Crippen LogP contribution in [0.5, 0.6) is 11.5 Å². The molecule has 0 spiro atoms. The number of ether oxygens (including phenoxy) is 4. The van der Waals surface area contributed by atoms with Gasteiger partial charge in [0.25, 0.3) is 0 Å². The third kappa shape index (κ3) is 14.7. The van der Waals surface area contributed by atoms with Gasteiger partial charge in [-0.3, -0.25) is 9.59 Å². The summed E-state index contributed by atoms with van der Waals surface area (Å²) in [6.07, 6.45) is 0.250. The predicted molar refractivity (Wildman–Crippen MR) is 175 cm³/mol. The van der Waals surface area contributed by atoms with Crippen molar-refractivity contribution in [3.05, 3.63) is 23.8 Å². The number of nitrogens with one attached hydrogen (secondary N) is 3. The van der Waals surface area contributed by atoms with Gasteiger partial charge < -0.3 is 40.0 Å². The summed E-state index contributed by atoms with van der Waals surface area (Å²) < 4.78 is 22.2. The summed E-state index contributed by atoms with van der Waals surface area (Å²) in [6, 6.07) is 4.44. The van der Waals surface area contributed by atoms with Gasteiger partial charge in [-0.15, -0.1) is 0 Å². The van der Waals surface area contributed by atoms with Crippen molar-refractivity contribution in [3.63, 3.8) is 0 Å². The van der Waals surface area contributed by atoms with Crippen molar-refractivity contribution in [1.82, 2.24) is 16.0 Å². The van der Waals surface area contributed by atoms with Gasteiger partial charge in [-0.1, -0.05) is 33.8 Å². The van der Waals surface area contributed by atoms with Crippen molar-refractivity contribution in [2.45, 2.75) is 105 Å². The fourth-order valence-electron chi connectivity index (χ4n) is 5.05. The van der Waals surface area contributed by atoms with Gasteiger partial charge in [0.2, 0.25) is 11.8 Å². The first-order chi connectivity index (χ1) is 21.0. The molecule has 0 bridgehead atoms. The topological polar surface area (TPSA) is 144 Å². The Morgan fingerprint density at radius 2 is 1.56 bits per heavy atom. The highest BCUT2D eigenvalue weighted by molar-refractivity contribution is 5.88. The van der Waals surface area contributed by atoms with E-state index >= 15 is 0 Å². The molecule has 0 saturated carbocycles. The van der Waals surface area contributed by atoms with E-state index < -0.39 is 35.8 Å². The molecular weight excluding hydrogens is 578 g/mol. The molecule has 0 aliphatic rings. The highest BCUT2D eigenvalue weighted by Gasteiger charge is 2.34. The Hall–Kier alpha value is -3.05. The van der Waals surface area contributed by atoms with Crippen LogP contribution in [0.15, 0.2) is 18.2 Å². The van der Waals surface area contributed by atoms with E-state index in [0.717, 1.165) is 12.0 Å². The second-order valence-corrected chi connectivity index (χ2v) is 13.4. The van der Waals surface area contributed by atoms with Crippen LogP contribution >= 0.6 is 0 Å². The Bertz CT molecular complexity index is 1060. The minimum atomic E-state index is -1.05. The second-order valence-electron chi connectivity index (χ2n) is 13.4. The van der Waals surface area contributed by atoms with Gasteiger partial charge in [0.1, 0.15) is 11.6 Å². The number of aliphatic hydroxyl groups is 1. The summed E-state index contributed by atoms with van der Waals surface area (Å²) in [5.41, 5.74) is 0.306. The van der Waals surface area contributed by atoms with Crippen LogP contribution in [0, 0.1) is 23.7 Å². The van der Waals surface area contributed by atoms with Crippen molar-refractivity contribution in [2.24, 2.45) is 23.7 Å². The fourth-order valence-corrected chi connectivity index (χ4v) is 5.05. The number of benzene rings is 1. The molecule has 1 aromatic carbocycles. The number of alkyl carbamates (subject to hydrolysis) is 1. The van der Waals surface area contributed by atoms with Crippen LogP contribution in [-0.2, 0) is 25.5 Å². The molecule has 0 saturated heterocycles. The van der Waals surface area contributed by atoms with E-state index in [1.54, 1.807) is 41.9 Å². The highest BCUT2D eigenvalue weighted by atomic mass is 16.6. The number of rotatable bonds is 19. The average Bonchev–Trinajstić information content (AvgIpc) is 2.95. The minimum Gasteiger partial charge on any atom is -0.493 e. The van der Waals surface area contributed by atoms with Crippen LogP contribution in [0.2, 0.25) is 0 Å². The Labute approximate surface area is 270 Å². The van der Waals surface area contributed by atoms with Crippen LogP contribution < -0.4 is 25.4 Å². The van der Waals surface area contributed by atoms with E-state index in [9.17, 15) is 19.5 Å². The van der Waals surface area contributed by atoms with Gasteiger partial charge in [-0.05, 0) is 82.4 Å². The fraction of sp³-hybridized carbons (Fsp3) is 0.735. The third-order valence-electron chi connectivity index (χ3n) is 7.78. The number of hydrogen-bond donors (Lipinski definition) is 4. The van der Waals surface area contributed by atoms with Crippen molar-refractivity contribution < 1.29 is 38.4 Å². The Morgan fingerprint density at radius 1 is 0.889 bits per heavy atom. The van der Waals surface area contributed by atoms with Crippen LogP contribution in [-0.4, -0.2) is 81.3 Å².